The molecule has 1 N–H and O–H groups in total. The predicted molar refractivity (Wildman–Crippen MR) is 92.4 cm³/mol. The fraction of sp³-hybridized carbons (Fsp3) is 0.294. The smallest absolute Gasteiger partial charge is 0.314 e. The average Bonchev–Trinajstić information content (AvgIpc) is 2.68. The van der Waals surface area contributed by atoms with Crippen LogP contribution < -0.4 is 15.0 Å². The second kappa shape index (κ2) is 7.61. The number of methoxy groups -OCH3 is 1. The van der Waals surface area contributed by atoms with Gasteiger partial charge in [-0.25, -0.2) is 9.97 Å². The first-order valence-electron chi connectivity index (χ1n) is 7.94. The molecule has 0 unspecified atom stereocenters. The van der Waals surface area contributed by atoms with E-state index in [-0.39, 0.29) is 0 Å². The van der Waals surface area contributed by atoms with Crippen LogP contribution in [0.25, 0.3) is 0 Å². The number of para-hydroxylation sites is 2. The molecule has 0 saturated carbocycles. The zero-order valence-corrected chi connectivity index (χ0v) is 13.9. The molecule has 0 aliphatic carbocycles. The highest BCUT2D eigenvalue weighted by Crippen LogP contribution is 2.23. The number of carbonyl (C=O) groups excluding carboxylic acids is 2. The third-order valence-corrected chi connectivity index (χ3v) is 3.95. The molecule has 1 saturated heterocycles. The highest BCUT2D eigenvalue weighted by molar-refractivity contribution is 6.39. The maximum atomic E-state index is 12.4. The molecular formula is C17H19N5O3. The van der Waals surface area contributed by atoms with Crippen LogP contribution in [0.15, 0.2) is 42.7 Å². The number of anilines is 2. The lowest BCUT2D eigenvalue weighted by Gasteiger charge is -2.34. The van der Waals surface area contributed by atoms with Crippen molar-refractivity contribution in [2.24, 2.45) is 0 Å². The third kappa shape index (κ3) is 3.85. The summed E-state index contributed by atoms with van der Waals surface area (Å²) in [6, 6.07) is 8.72. The maximum absolute atomic E-state index is 12.4. The number of nitrogens with zero attached hydrogens (tertiary/aromatic N) is 4. The van der Waals surface area contributed by atoms with Crippen LogP contribution in [0.5, 0.6) is 5.75 Å². The number of nitrogens with one attached hydrogen (secondary N) is 1. The number of rotatable bonds is 3. The van der Waals surface area contributed by atoms with Gasteiger partial charge in [0.25, 0.3) is 0 Å². The summed E-state index contributed by atoms with van der Waals surface area (Å²) < 4.78 is 5.17. The van der Waals surface area contributed by atoms with E-state index in [9.17, 15) is 9.59 Å². The summed E-state index contributed by atoms with van der Waals surface area (Å²) in [5.74, 6) is -0.0868. The molecule has 25 heavy (non-hydrogen) atoms. The summed E-state index contributed by atoms with van der Waals surface area (Å²) in [6.45, 7) is 2.04. The van der Waals surface area contributed by atoms with E-state index in [2.05, 4.69) is 15.3 Å². The maximum Gasteiger partial charge on any atom is 0.314 e. The molecular weight excluding hydrogens is 322 g/mol. The Bertz CT molecular complexity index is 745. The van der Waals surface area contributed by atoms with Crippen molar-refractivity contribution in [3.8, 4) is 5.75 Å². The van der Waals surface area contributed by atoms with Crippen LogP contribution in [0.1, 0.15) is 0 Å². The molecule has 0 radical (unpaired) electrons. The molecule has 130 valence electrons. The van der Waals surface area contributed by atoms with E-state index in [1.165, 1.54) is 12.0 Å². The molecule has 8 heteroatoms. The van der Waals surface area contributed by atoms with E-state index in [1.54, 1.807) is 42.7 Å². The normalized spacial score (nSPS) is 14.1. The summed E-state index contributed by atoms with van der Waals surface area (Å²) in [6.07, 6.45) is 3.36. The summed E-state index contributed by atoms with van der Waals surface area (Å²) in [5, 5.41) is 2.61. The Kier molecular flexibility index (Phi) is 5.08. The quantitative estimate of drug-likeness (QED) is 0.830. The van der Waals surface area contributed by atoms with Crippen LogP contribution in [0.2, 0.25) is 0 Å². The van der Waals surface area contributed by atoms with E-state index >= 15 is 0 Å². The van der Waals surface area contributed by atoms with Gasteiger partial charge < -0.3 is 19.9 Å². The number of ether oxygens (including phenoxy) is 1. The molecule has 1 aliphatic heterocycles. The molecule has 2 aromatic rings. The molecule has 1 aromatic carbocycles. The van der Waals surface area contributed by atoms with Crippen LogP contribution >= 0.6 is 0 Å². The van der Waals surface area contributed by atoms with Crippen LogP contribution in [0.3, 0.4) is 0 Å². The first-order chi connectivity index (χ1) is 12.2. The Morgan fingerprint density at radius 2 is 1.72 bits per heavy atom. The molecule has 0 bridgehead atoms. The molecule has 1 fully saturated rings. The van der Waals surface area contributed by atoms with Gasteiger partial charge in [0.2, 0.25) is 5.95 Å². The Hall–Kier alpha value is -3.16. The van der Waals surface area contributed by atoms with Crippen LogP contribution in [-0.2, 0) is 9.59 Å². The summed E-state index contributed by atoms with van der Waals surface area (Å²) in [4.78, 5) is 36.5. The number of hydrogen-bond acceptors (Lipinski definition) is 6. The van der Waals surface area contributed by atoms with Crippen molar-refractivity contribution in [2.45, 2.75) is 0 Å². The molecule has 3 rings (SSSR count). The van der Waals surface area contributed by atoms with Gasteiger partial charge in [0.05, 0.1) is 12.8 Å². The molecule has 8 nitrogen and oxygen atoms in total. The van der Waals surface area contributed by atoms with E-state index < -0.39 is 11.8 Å². The molecule has 1 aromatic heterocycles. The average molecular weight is 341 g/mol. The minimum absolute atomic E-state index is 0.441. The molecule has 0 spiro atoms. The Morgan fingerprint density at radius 3 is 2.40 bits per heavy atom. The zero-order chi connectivity index (χ0) is 17.6. The summed E-state index contributed by atoms with van der Waals surface area (Å²) in [7, 11) is 1.51. The number of benzene rings is 1. The number of carbonyl (C=O) groups is 2. The third-order valence-electron chi connectivity index (χ3n) is 3.95. The fourth-order valence-electron chi connectivity index (χ4n) is 2.63. The molecule has 2 amide bonds. The second-order valence-corrected chi connectivity index (χ2v) is 5.48. The zero-order valence-electron chi connectivity index (χ0n) is 13.9. The van der Waals surface area contributed by atoms with Crippen molar-refractivity contribution < 1.29 is 14.3 Å². The van der Waals surface area contributed by atoms with Gasteiger partial charge in [-0.05, 0) is 18.2 Å². The molecule has 1 aliphatic rings. The largest absolute Gasteiger partial charge is 0.495 e. The monoisotopic (exact) mass is 341 g/mol. The van der Waals surface area contributed by atoms with Crippen molar-refractivity contribution in [3.63, 3.8) is 0 Å². The van der Waals surface area contributed by atoms with E-state index in [0.717, 1.165) is 0 Å². The van der Waals surface area contributed by atoms with Gasteiger partial charge >= 0.3 is 11.8 Å². The number of aromatic nitrogens is 2. The highest BCUT2D eigenvalue weighted by atomic mass is 16.5. The van der Waals surface area contributed by atoms with Crippen LogP contribution in [-0.4, -0.2) is 60.0 Å². The van der Waals surface area contributed by atoms with Gasteiger partial charge in [0.1, 0.15) is 5.75 Å². The lowest BCUT2D eigenvalue weighted by atomic mass is 10.2. The van der Waals surface area contributed by atoms with E-state index in [1.807, 2.05) is 4.90 Å². The Balaban J connectivity index is 1.58. The van der Waals surface area contributed by atoms with Gasteiger partial charge in [0, 0.05) is 38.6 Å². The molecule has 2 heterocycles. The lowest BCUT2D eigenvalue weighted by molar-refractivity contribution is -0.143. The Morgan fingerprint density at radius 1 is 1.04 bits per heavy atom. The van der Waals surface area contributed by atoms with Crippen molar-refractivity contribution in [2.75, 3.05) is 43.5 Å². The van der Waals surface area contributed by atoms with Crippen LogP contribution in [0.4, 0.5) is 11.6 Å². The summed E-state index contributed by atoms with van der Waals surface area (Å²) >= 11 is 0. The topological polar surface area (TPSA) is 87.7 Å². The number of amides is 2. The van der Waals surface area contributed by atoms with Gasteiger partial charge in [-0.3, -0.25) is 9.59 Å². The predicted octanol–water partition coefficient (Wildman–Crippen LogP) is 0.772. The van der Waals surface area contributed by atoms with Gasteiger partial charge in [-0.2, -0.15) is 0 Å². The van der Waals surface area contributed by atoms with Crippen molar-refractivity contribution in [1.82, 2.24) is 14.9 Å². The fourth-order valence-corrected chi connectivity index (χ4v) is 2.63. The lowest BCUT2D eigenvalue weighted by Crippen LogP contribution is -2.52. The van der Waals surface area contributed by atoms with Crippen molar-refractivity contribution in [3.05, 3.63) is 42.7 Å². The minimum Gasteiger partial charge on any atom is -0.495 e. The molecule has 0 atom stereocenters. The van der Waals surface area contributed by atoms with E-state index in [4.69, 9.17) is 4.74 Å². The summed E-state index contributed by atoms with van der Waals surface area (Å²) in [5.41, 5.74) is 0.472. The van der Waals surface area contributed by atoms with Crippen molar-refractivity contribution >= 4 is 23.5 Å². The van der Waals surface area contributed by atoms with Gasteiger partial charge in [-0.1, -0.05) is 12.1 Å². The highest BCUT2D eigenvalue weighted by Gasteiger charge is 2.27. The first-order valence-corrected chi connectivity index (χ1v) is 7.94. The SMILES string of the molecule is COc1ccccc1NC(=O)C(=O)N1CCN(c2ncccn2)CC1. The second-order valence-electron chi connectivity index (χ2n) is 5.48. The van der Waals surface area contributed by atoms with Crippen molar-refractivity contribution in [1.29, 1.82) is 0 Å². The number of piperazine rings is 1. The van der Waals surface area contributed by atoms with Gasteiger partial charge in [0.15, 0.2) is 0 Å². The van der Waals surface area contributed by atoms with Crippen LogP contribution in [0, 0.1) is 0 Å². The Labute approximate surface area is 145 Å². The first kappa shape index (κ1) is 16.7. The standard InChI is InChI=1S/C17H19N5O3/c1-25-14-6-3-2-5-13(14)20-15(23)16(24)21-9-11-22(12-10-21)17-18-7-4-8-19-17/h2-8H,9-12H2,1H3,(H,20,23). The van der Waals surface area contributed by atoms with Gasteiger partial charge in [-0.15, -0.1) is 0 Å². The minimum atomic E-state index is -0.672. The van der Waals surface area contributed by atoms with E-state index in [0.29, 0.717) is 43.6 Å². The number of hydrogen-bond donors (Lipinski definition) is 1.